The monoisotopic (exact) mass is 409 g/mol. The second kappa shape index (κ2) is 21.0. The molecule has 0 aromatic carbocycles. The molecule has 0 aromatic heterocycles. The van der Waals surface area contributed by atoms with Crippen molar-refractivity contribution in [3.05, 3.63) is 39.8 Å². The van der Waals surface area contributed by atoms with Crippen molar-refractivity contribution in [3.8, 4) is 0 Å². The van der Waals surface area contributed by atoms with E-state index in [-0.39, 0.29) is 26.2 Å². The first-order chi connectivity index (χ1) is 8.35. The number of hydrogen-bond donors (Lipinski definition) is 0. The Labute approximate surface area is 141 Å². The van der Waals surface area contributed by atoms with Gasteiger partial charge in [0.05, 0.1) is 0 Å². The van der Waals surface area contributed by atoms with E-state index in [0.717, 1.165) is 10.8 Å². The summed E-state index contributed by atoms with van der Waals surface area (Å²) in [7, 11) is 0. The molecule has 0 aliphatic heterocycles. The van der Waals surface area contributed by atoms with E-state index in [1.165, 1.54) is 0 Å². The Kier molecular flexibility index (Phi) is 30.9. The normalized spacial score (nSPS) is 11.5. The van der Waals surface area contributed by atoms with Crippen LogP contribution in [0.4, 0.5) is 3.50 Å². The van der Waals surface area contributed by atoms with Crippen LogP contribution in [0, 0.1) is 6.08 Å². The minimum absolute atomic E-state index is 0. The first-order valence-corrected chi connectivity index (χ1v) is 12.3. The van der Waals surface area contributed by atoms with Gasteiger partial charge >= 0.3 is 84.0 Å². The van der Waals surface area contributed by atoms with Crippen LogP contribution < -0.4 is 0 Å². The summed E-state index contributed by atoms with van der Waals surface area (Å²) < 4.78 is 14.0. The second-order valence-electron chi connectivity index (χ2n) is 3.73. The van der Waals surface area contributed by atoms with E-state index in [1.54, 1.807) is 32.3 Å². The molecule has 19 heavy (non-hydrogen) atoms. The molecule has 0 saturated carbocycles. The predicted molar refractivity (Wildman–Crippen MR) is 83.7 cm³/mol. The summed E-state index contributed by atoms with van der Waals surface area (Å²) in [4.78, 5) is 0. The number of hydrogen-bond acceptors (Lipinski definition) is 0. The van der Waals surface area contributed by atoms with Gasteiger partial charge < -0.3 is 17.2 Å². The van der Waals surface area contributed by atoms with Gasteiger partial charge in [0, 0.05) is 0 Å². The zero-order chi connectivity index (χ0) is 15.0. The van der Waals surface area contributed by atoms with Crippen molar-refractivity contribution in [1.82, 2.24) is 0 Å². The van der Waals surface area contributed by atoms with Crippen LogP contribution in [0.3, 0.4) is 0 Å². The summed E-state index contributed by atoms with van der Waals surface area (Å²) in [6.45, 7) is 6.88. The molecule has 0 bridgehead atoms. The minimum Gasteiger partial charge on any atom is 4.00 e. The number of rotatable bonds is 1. The topological polar surface area (TPSA) is 71.4 Å². The molecule has 0 saturated heterocycles. The number of nitrogens with one attached hydrogen (secondary N) is 3. The SMILES string of the molecule is CC[NH-].CC[NH-].CC[NH-].[CH3][Ge]([CH3])([F])[C]1=[C-]CC=C1.[Zr+4]. The molecule has 3 N–H and O–H groups in total. The third-order valence-electron chi connectivity index (χ3n) is 1.34. The Bertz CT molecular complexity index is 212. The zero-order valence-electron chi connectivity index (χ0n) is 12.9. The largest absolute Gasteiger partial charge is 4.00 e. The van der Waals surface area contributed by atoms with Gasteiger partial charge in [0.15, 0.2) is 0 Å². The Balaban J connectivity index is -0.0000000956. The summed E-state index contributed by atoms with van der Waals surface area (Å²) in [5.74, 6) is 3.47. The van der Waals surface area contributed by atoms with Gasteiger partial charge in [-0.05, 0) is 0 Å². The van der Waals surface area contributed by atoms with Crippen molar-refractivity contribution in [2.24, 2.45) is 0 Å². The maximum absolute atomic E-state index is 13.1. The van der Waals surface area contributed by atoms with Gasteiger partial charge in [-0.15, -0.1) is 0 Å². The van der Waals surface area contributed by atoms with E-state index in [9.17, 15) is 3.50 Å². The molecule has 1 aliphatic carbocycles. The van der Waals surface area contributed by atoms with E-state index >= 15 is 0 Å². The van der Waals surface area contributed by atoms with Crippen LogP contribution >= 0.6 is 0 Å². The fraction of sp³-hybridized carbons (Fsp3) is 0.692. The molecular weight excluding hydrogens is 381 g/mol. The molecule has 6 heteroatoms. The summed E-state index contributed by atoms with van der Waals surface area (Å²) >= 11 is -2.96. The molecule has 1 rings (SSSR count). The smallest absolute Gasteiger partial charge is 4.00 e. The molecule has 0 radical (unpaired) electrons. The van der Waals surface area contributed by atoms with Gasteiger partial charge in [-0.25, -0.2) is 0 Å². The third kappa shape index (κ3) is 27.8. The molecule has 0 spiro atoms. The van der Waals surface area contributed by atoms with Crippen molar-refractivity contribution < 1.29 is 29.7 Å². The van der Waals surface area contributed by atoms with Crippen molar-refractivity contribution in [3.63, 3.8) is 0 Å². The zero-order valence-corrected chi connectivity index (χ0v) is 17.4. The fourth-order valence-electron chi connectivity index (χ4n) is 0.813. The van der Waals surface area contributed by atoms with Crippen LogP contribution in [-0.2, 0) is 26.2 Å². The molecule has 1 aliphatic rings. The van der Waals surface area contributed by atoms with Crippen molar-refractivity contribution in [2.75, 3.05) is 19.6 Å². The van der Waals surface area contributed by atoms with E-state index in [2.05, 4.69) is 6.08 Å². The van der Waals surface area contributed by atoms with Crippen LogP contribution in [0.1, 0.15) is 27.2 Å². The fourth-order valence-corrected chi connectivity index (χ4v) is 2.99. The van der Waals surface area contributed by atoms with Crippen molar-refractivity contribution in [1.29, 1.82) is 0 Å². The molecule has 0 heterocycles. The number of halogens is 1. The summed E-state index contributed by atoms with van der Waals surface area (Å²) in [5.41, 5.74) is 18.6. The number of allylic oxidation sites excluding steroid dienone is 4. The van der Waals surface area contributed by atoms with Gasteiger partial charge in [-0.2, -0.15) is 19.6 Å². The van der Waals surface area contributed by atoms with E-state index in [4.69, 9.17) is 17.2 Å². The van der Waals surface area contributed by atoms with Gasteiger partial charge in [-0.1, -0.05) is 20.8 Å². The van der Waals surface area contributed by atoms with Crippen LogP contribution in [-0.4, -0.2) is 33.4 Å². The first-order valence-electron chi connectivity index (χ1n) is 6.25. The van der Waals surface area contributed by atoms with Crippen LogP contribution in [0.5, 0.6) is 0 Å². The standard InChI is InChI=1S/C7H10FGe.3C2H6N.Zr/c1-9(2,8)7-5-3-4-6-7;3*1-2-3;/h3,5H,4H2,1-2H3;3*3H,2H2,1H3;/q4*-1;+4. The molecule has 0 unspecified atom stereocenters. The maximum atomic E-state index is 13.1. The van der Waals surface area contributed by atoms with Crippen molar-refractivity contribution >= 4 is 13.7 Å². The third-order valence-corrected chi connectivity index (χ3v) is 4.74. The average Bonchev–Trinajstić information content (AvgIpc) is 2.72. The summed E-state index contributed by atoms with van der Waals surface area (Å²) in [6.07, 6.45) is 7.66. The molecule has 3 nitrogen and oxygen atoms in total. The quantitative estimate of drug-likeness (QED) is 0.402. The Morgan fingerprint density at radius 2 is 1.42 bits per heavy atom. The van der Waals surface area contributed by atoms with Crippen molar-refractivity contribution in [2.45, 2.75) is 38.7 Å². The molecular formula is C13H28FGeN3Zr. The Morgan fingerprint density at radius 1 is 1.11 bits per heavy atom. The van der Waals surface area contributed by atoms with Gasteiger partial charge in [-0.3, -0.25) is 0 Å². The van der Waals surface area contributed by atoms with Gasteiger partial charge in [0.1, 0.15) is 0 Å². The minimum atomic E-state index is -2.96. The second-order valence-corrected chi connectivity index (χ2v) is 11.0. The summed E-state index contributed by atoms with van der Waals surface area (Å²) in [6, 6.07) is 0. The van der Waals surface area contributed by atoms with Crippen LogP contribution in [0.25, 0.3) is 17.2 Å². The summed E-state index contributed by atoms with van der Waals surface area (Å²) in [5, 5.41) is 0. The molecule has 0 atom stereocenters. The Hall–Kier alpha value is 0.716. The molecule has 0 aromatic rings. The van der Waals surface area contributed by atoms with E-state index in [0.29, 0.717) is 19.6 Å². The van der Waals surface area contributed by atoms with Gasteiger partial charge in [0.25, 0.3) is 0 Å². The van der Waals surface area contributed by atoms with Gasteiger partial charge in [0.2, 0.25) is 0 Å². The first kappa shape index (κ1) is 28.0. The molecule has 0 fully saturated rings. The average molecular weight is 409 g/mol. The predicted octanol–water partition coefficient (Wildman–Crippen LogP) is 5.56. The van der Waals surface area contributed by atoms with Crippen LogP contribution in [0.15, 0.2) is 16.6 Å². The van der Waals surface area contributed by atoms with E-state index in [1.807, 2.05) is 12.2 Å². The van der Waals surface area contributed by atoms with E-state index < -0.39 is 13.7 Å². The maximum Gasteiger partial charge on any atom is 4.00 e. The van der Waals surface area contributed by atoms with Crippen LogP contribution in [0.2, 0.25) is 11.5 Å². The molecule has 0 amide bonds. The Morgan fingerprint density at radius 3 is 1.53 bits per heavy atom. The molecule has 110 valence electrons.